The Hall–Kier alpha value is -2.50. The number of nitrogens with one attached hydrogen (secondary N) is 2. The van der Waals surface area contributed by atoms with E-state index in [1.165, 1.54) is 0 Å². The number of aromatic amines is 1. The van der Waals surface area contributed by atoms with Gasteiger partial charge < -0.3 is 9.72 Å². The third-order valence-corrected chi connectivity index (χ3v) is 4.10. The van der Waals surface area contributed by atoms with Crippen molar-refractivity contribution in [2.75, 3.05) is 0 Å². The number of hydrogen-bond acceptors (Lipinski definition) is 3. The van der Waals surface area contributed by atoms with Gasteiger partial charge in [-0.25, -0.2) is 5.43 Å². The number of hydrazone groups is 1. The Morgan fingerprint density at radius 3 is 2.88 bits per heavy atom. The summed E-state index contributed by atoms with van der Waals surface area (Å²) >= 11 is 11.9. The minimum atomic E-state index is -0.765. The van der Waals surface area contributed by atoms with Crippen LogP contribution in [0.15, 0.2) is 53.8 Å². The van der Waals surface area contributed by atoms with Gasteiger partial charge >= 0.3 is 0 Å². The van der Waals surface area contributed by atoms with E-state index in [0.717, 1.165) is 16.5 Å². The lowest BCUT2D eigenvalue weighted by molar-refractivity contribution is -0.127. The zero-order chi connectivity index (χ0) is 17.8. The highest BCUT2D eigenvalue weighted by atomic mass is 35.5. The number of hydrogen-bond donors (Lipinski definition) is 2. The molecule has 0 radical (unpaired) electrons. The molecule has 1 atom stereocenters. The van der Waals surface area contributed by atoms with Gasteiger partial charge in [0.1, 0.15) is 5.75 Å². The minimum Gasteiger partial charge on any atom is -0.479 e. The number of aromatic nitrogens is 1. The van der Waals surface area contributed by atoms with Crippen LogP contribution in [-0.4, -0.2) is 23.2 Å². The molecule has 0 aliphatic heterocycles. The summed E-state index contributed by atoms with van der Waals surface area (Å²) in [6.07, 6.45) is 2.64. The number of ether oxygens (including phenoxy) is 1. The molecule has 0 fully saturated rings. The lowest BCUT2D eigenvalue weighted by Crippen LogP contribution is -2.33. The van der Waals surface area contributed by atoms with Crippen LogP contribution in [-0.2, 0) is 4.79 Å². The smallest absolute Gasteiger partial charge is 0.280 e. The number of nitrogens with zero attached hydrogens (tertiary/aromatic N) is 1. The Balaban J connectivity index is 1.61. The van der Waals surface area contributed by atoms with E-state index in [0.29, 0.717) is 15.8 Å². The van der Waals surface area contributed by atoms with Crippen molar-refractivity contribution < 1.29 is 9.53 Å². The van der Waals surface area contributed by atoms with Crippen molar-refractivity contribution in [3.05, 3.63) is 64.3 Å². The molecule has 1 amide bonds. The third kappa shape index (κ3) is 4.13. The molecule has 2 N–H and O–H groups in total. The van der Waals surface area contributed by atoms with E-state index in [1.54, 1.807) is 31.3 Å². The van der Waals surface area contributed by atoms with Crippen LogP contribution >= 0.6 is 23.2 Å². The molecule has 5 nitrogen and oxygen atoms in total. The van der Waals surface area contributed by atoms with Gasteiger partial charge in [-0.15, -0.1) is 0 Å². The van der Waals surface area contributed by atoms with Gasteiger partial charge in [0.25, 0.3) is 5.91 Å². The Morgan fingerprint density at radius 1 is 1.28 bits per heavy atom. The van der Waals surface area contributed by atoms with Gasteiger partial charge in [0.15, 0.2) is 6.10 Å². The van der Waals surface area contributed by atoms with Crippen LogP contribution in [0.25, 0.3) is 10.9 Å². The third-order valence-electron chi connectivity index (χ3n) is 3.57. The summed E-state index contributed by atoms with van der Waals surface area (Å²) in [5.74, 6) is -0.00330. The number of amides is 1. The summed E-state index contributed by atoms with van der Waals surface area (Å²) in [6.45, 7) is 1.61. The van der Waals surface area contributed by atoms with Gasteiger partial charge in [-0.05, 0) is 31.2 Å². The van der Waals surface area contributed by atoms with E-state index in [9.17, 15) is 4.79 Å². The Morgan fingerprint density at radius 2 is 2.08 bits per heavy atom. The summed E-state index contributed by atoms with van der Waals surface area (Å²) < 4.78 is 5.54. The molecule has 2 aromatic carbocycles. The van der Waals surface area contributed by atoms with Crippen molar-refractivity contribution in [3.63, 3.8) is 0 Å². The first-order valence-corrected chi connectivity index (χ1v) is 8.31. The molecule has 3 aromatic rings. The molecule has 25 heavy (non-hydrogen) atoms. The maximum atomic E-state index is 12.1. The van der Waals surface area contributed by atoms with Gasteiger partial charge in [0, 0.05) is 27.7 Å². The molecular formula is C18H15Cl2N3O2. The number of para-hydroxylation sites is 1. The minimum absolute atomic E-state index is 0.342. The zero-order valence-electron chi connectivity index (χ0n) is 13.3. The van der Waals surface area contributed by atoms with Crippen LogP contribution in [0, 0.1) is 0 Å². The highest BCUT2D eigenvalue weighted by Gasteiger charge is 2.15. The van der Waals surface area contributed by atoms with E-state index in [1.807, 2.05) is 30.5 Å². The van der Waals surface area contributed by atoms with Gasteiger partial charge in [-0.1, -0.05) is 41.4 Å². The second-order valence-corrected chi connectivity index (χ2v) is 6.20. The number of benzene rings is 2. The second kappa shape index (κ2) is 7.59. The summed E-state index contributed by atoms with van der Waals surface area (Å²) in [5, 5.41) is 5.85. The highest BCUT2D eigenvalue weighted by molar-refractivity contribution is 6.35. The van der Waals surface area contributed by atoms with Crippen molar-refractivity contribution in [2.45, 2.75) is 13.0 Å². The molecule has 0 saturated heterocycles. The summed E-state index contributed by atoms with van der Waals surface area (Å²) in [5.41, 5.74) is 4.34. The van der Waals surface area contributed by atoms with Crippen LogP contribution in [0.4, 0.5) is 0 Å². The number of carbonyl (C=O) groups excluding carboxylic acids is 1. The number of halogens is 2. The topological polar surface area (TPSA) is 66.5 Å². The fourth-order valence-corrected chi connectivity index (χ4v) is 2.72. The van der Waals surface area contributed by atoms with E-state index < -0.39 is 6.10 Å². The SMILES string of the molecule is C[C@@H](Oc1ccc(Cl)cc1Cl)C(=O)N/N=C/c1c[nH]c2ccccc12. The summed E-state index contributed by atoms with van der Waals surface area (Å²) in [6, 6.07) is 12.6. The molecule has 0 unspecified atom stereocenters. The summed E-state index contributed by atoms with van der Waals surface area (Å²) in [7, 11) is 0. The fourth-order valence-electron chi connectivity index (χ4n) is 2.27. The average molecular weight is 376 g/mol. The van der Waals surface area contributed by atoms with Crippen molar-refractivity contribution in [1.29, 1.82) is 0 Å². The maximum Gasteiger partial charge on any atom is 0.280 e. The van der Waals surface area contributed by atoms with Crippen molar-refractivity contribution in [1.82, 2.24) is 10.4 Å². The number of H-pyrrole nitrogens is 1. The van der Waals surface area contributed by atoms with E-state index in [-0.39, 0.29) is 5.91 Å². The second-order valence-electron chi connectivity index (χ2n) is 5.36. The largest absolute Gasteiger partial charge is 0.479 e. The lowest BCUT2D eigenvalue weighted by atomic mass is 10.2. The Bertz CT molecular complexity index is 937. The van der Waals surface area contributed by atoms with Gasteiger partial charge in [0.05, 0.1) is 11.2 Å². The highest BCUT2D eigenvalue weighted by Crippen LogP contribution is 2.28. The first kappa shape index (κ1) is 17.3. The van der Waals surface area contributed by atoms with Gasteiger partial charge in [-0.3, -0.25) is 4.79 Å². The molecule has 0 saturated carbocycles. The molecule has 1 heterocycles. The molecule has 0 spiro atoms. The normalized spacial score (nSPS) is 12.4. The van der Waals surface area contributed by atoms with E-state index >= 15 is 0 Å². The predicted molar refractivity (Wildman–Crippen MR) is 101 cm³/mol. The van der Waals surface area contributed by atoms with Crippen LogP contribution in [0.3, 0.4) is 0 Å². The first-order valence-electron chi connectivity index (χ1n) is 7.55. The van der Waals surface area contributed by atoms with Crippen molar-refractivity contribution in [3.8, 4) is 5.75 Å². The number of fused-ring (bicyclic) bond motifs is 1. The molecule has 3 rings (SSSR count). The van der Waals surface area contributed by atoms with Crippen LogP contribution in [0.1, 0.15) is 12.5 Å². The number of carbonyl (C=O) groups is 1. The summed E-state index contributed by atoms with van der Waals surface area (Å²) in [4.78, 5) is 15.2. The van der Waals surface area contributed by atoms with Crippen molar-refractivity contribution >= 4 is 46.2 Å². The van der Waals surface area contributed by atoms with Gasteiger partial charge in [0.2, 0.25) is 0 Å². The molecule has 0 aliphatic rings. The van der Waals surface area contributed by atoms with Crippen molar-refractivity contribution in [2.24, 2.45) is 5.10 Å². The van der Waals surface area contributed by atoms with E-state index in [2.05, 4.69) is 15.5 Å². The zero-order valence-corrected chi connectivity index (χ0v) is 14.8. The maximum absolute atomic E-state index is 12.1. The molecular weight excluding hydrogens is 361 g/mol. The Labute approximate surface area is 154 Å². The van der Waals surface area contributed by atoms with Crippen LogP contribution in [0.2, 0.25) is 10.0 Å². The van der Waals surface area contributed by atoms with E-state index in [4.69, 9.17) is 27.9 Å². The molecule has 0 bridgehead atoms. The number of rotatable bonds is 5. The van der Waals surface area contributed by atoms with Crippen LogP contribution in [0.5, 0.6) is 5.75 Å². The molecule has 0 aliphatic carbocycles. The average Bonchev–Trinajstić information content (AvgIpc) is 3.00. The first-order chi connectivity index (χ1) is 12.0. The lowest BCUT2D eigenvalue weighted by Gasteiger charge is -2.14. The monoisotopic (exact) mass is 375 g/mol. The molecule has 128 valence electrons. The quantitative estimate of drug-likeness (QED) is 0.512. The van der Waals surface area contributed by atoms with Crippen LogP contribution < -0.4 is 10.2 Å². The Kier molecular flexibility index (Phi) is 5.26. The fraction of sp³-hybridized carbons (Fsp3) is 0.111. The standard InChI is InChI=1S/C18H15Cl2N3O2/c1-11(25-17-7-6-13(19)8-15(17)20)18(24)23-22-10-12-9-21-16-5-3-2-4-14(12)16/h2-11,21H,1H3,(H,23,24)/b22-10+/t11-/m1/s1. The van der Waals surface area contributed by atoms with Gasteiger partial charge in [-0.2, -0.15) is 5.10 Å². The molecule has 7 heteroatoms. The molecule has 1 aromatic heterocycles. The predicted octanol–water partition coefficient (Wildman–Crippen LogP) is 4.39.